The van der Waals surface area contributed by atoms with Crippen molar-refractivity contribution in [2.45, 2.75) is 91.9 Å². The van der Waals surface area contributed by atoms with Crippen LogP contribution in [0.1, 0.15) is 0 Å². The third-order valence-corrected chi connectivity index (χ3v) is 10.1. The van der Waals surface area contributed by atoms with Gasteiger partial charge in [0.1, 0.15) is 5.97 Å². The van der Waals surface area contributed by atoms with E-state index in [2.05, 4.69) is 91.0 Å². The maximum atomic E-state index is 13.5. The zero-order valence-corrected chi connectivity index (χ0v) is 29.4. The Bertz CT molecular complexity index is 1890. The van der Waals surface area contributed by atoms with Crippen molar-refractivity contribution in [3.8, 4) is 0 Å². The molecule has 0 saturated heterocycles. The number of benzene rings is 3. The summed E-state index contributed by atoms with van der Waals surface area (Å²) in [5, 5.41) is 9.78. The highest BCUT2D eigenvalue weighted by molar-refractivity contribution is 7.97. The largest absolute Gasteiger partial charge is 0.544 e. The Kier molecular flexibility index (Phi) is 14.1. The van der Waals surface area contributed by atoms with Gasteiger partial charge < -0.3 is 9.90 Å². The lowest BCUT2D eigenvalue weighted by Gasteiger charge is -2.46. The van der Waals surface area contributed by atoms with Gasteiger partial charge in [0.15, 0.2) is 14.7 Å². The van der Waals surface area contributed by atoms with Gasteiger partial charge in [-0.15, -0.1) is 0 Å². The molecule has 0 aromatic heterocycles. The molecule has 30 heteroatoms. The molecule has 3 aromatic rings. The summed E-state index contributed by atoms with van der Waals surface area (Å²) in [5.74, 6) is -117. The minimum absolute atomic E-state index is 0.0146. The van der Waals surface area contributed by atoms with Crippen LogP contribution in [0.25, 0.3) is 0 Å². The summed E-state index contributed by atoms with van der Waals surface area (Å²) in [4.78, 5) is 13.9. The smallest absolute Gasteiger partial charge is 0.460 e. The molecule has 0 aliphatic carbocycles. The average Bonchev–Trinajstić information content (AvgIpc) is 3.15. The number of aliphatic carboxylic acids is 1. The van der Waals surface area contributed by atoms with Crippen LogP contribution in [0.5, 0.6) is 0 Å². The van der Waals surface area contributed by atoms with Crippen LogP contribution in [0.2, 0.25) is 0 Å². The molecule has 0 aliphatic heterocycles. The first-order chi connectivity index (χ1) is 27.4. The highest BCUT2D eigenvalue weighted by Crippen LogP contribution is 2.68. The van der Waals surface area contributed by atoms with Gasteiger partial charge in [0.05, 0.1) is 10.9 Å². The predicted molar refractivity (Wildman–Crippen MR) is 152 cm³/mol. The van der Waals surface area contributed by atoms with Crippen LogP contribution < -0.4 is 5.11 Å². The van der Waals surface area contributed by atoms with E-state index in [4.69, 9.17) is 0 Å². The number of carbonyl (C=O) groups excluding carboxylic acids is 1. The van der Waals surface area contributed by atoms with Gasteiger partial charge in [-0.2, -0.15) is 119 Å². The predicted octanol–water partition coefficient (Wildman–Crippen LogP) is 11.7. The molecule has 2 nitrogen and oxygen atoms in total. The van der Waals surface area contributed by atoms with Gasteiger partial charge in [-0.25, -0.2) is 0 Å². The Hall–Kier alpha value is -4.41. The van der Waals surface area contributed by atoms with Crippen LogP contribution in [0, 0.1) is 0 Å². The van der Waals surface area contributed by atoms with E-state index in [-0.39, 0.29) is 10.9 Å². The SMILES string of the molecule is O=C([O-])C(F)(F)C(F)(F)C(F)(F)C(F)(F)C(F)(F)C(F)(F)C(F)(F)C(F)(F)C(F)(F)C(F)(F)C(F)(F)C(F)(F)C(F)(F)F.c1ccc([S+](c2ccccc2)c2ccccc2)cc1. The maximum absolute atomic E-state index is 13.5. The molecular formula is C32H15F27O2S. The van der Waals surface area contributed by atoms with Gasteiger partial charge in [0, 0.05) is 0 Å². The van der Waals surface area contributed by atoms with Crippen LogP contribution >= 0.6 is 0 Å². The van der Waals surface area contributed by atoms with Gasteiger partial charge in [0.25, 0.3) is 0 Å². The Morgan fingerprint density at radius 1 is 0.306 bits per heavy atom. The standard InChI is InChI=1S/C18H15S.C14HF27O2/c1-4-10-16(11-5-1)19(17-12-6-2-7-13-17)18-14-8-3-9-15-18;15-2(16,1(42)43)3(17,18)4(19,20)5(21,22)6(23,24)7(25,26)8(27,28)9(29,30)10(31,32)11(33,34)12(35,36)13(37,38)14(39,40)41/h1-15H;(H,42,43)/q+1;/p-1. The summed E-state index contributed by atoms with van der Waals surface area (Å²) >= 11 is 0. The number of halogens is 27. The van der Waals surface area contributed by atoms with E-state index in [1.165, 1.54) is 14.7 Å². The van der Waals surface area contributed by atoms with Crippen molar-refractivity contribution < 1.29 is 128 Å². The van der Waals surface area contributed by atoms with Crippen LogP contribution in [-0.2, 0) is 15.7 Å². The van der Waals surface area contributed by atoms with E-state index in [1.807, 2.05) is 0 Å². The maximum Gasteiger partial charge on any atom is 0.460 e. The molecular weight excluding hydrogens is 961 g/mol. The number of carboxylic acid groups (broad SMARTS) is 1. The molecule has 0 unspecified atom stereocenters. The highest BCUT2D eigenvalue weighted by atomic mass is 32.2. The second kappa shape index (κ2) is 16.3. The molecule has 0 fully saturated rings. The molecule has 0 spiro atoms. The quantitative estimate of drug-likeness (QED) is 0.112. The first-order valence-corrected chi connectivity index (χ1v) is 16.3. The van der Waals surface area contributed by atoms with E-state index in [9.17, 15) is 128 Å². The number of hydrogen-bond donors (Lipinski definition) is 0. The van der Waals surface area contributed by atoms with E-state index in [1.54, 1.807) is 0 Å². The summed E-state index contributed by atoms with van der Waals surface area (Å²) in [6.45, 7) is 0. The first kappa shape index (κ1) is 53.7. The molecule has 3 aromatic carbocycles. The Labute approximate surface area is 328 Å². The zero-order valence-electron chi connectivity index (χ0n) is 28.6. The van der Waals surface area contributed by atoms with Gasteiger partial charge in [0.2, 0.25) is 0 Å². The number of rotatable bonds is 15. The Balaban J connectivity index is 0.000000567. The van der Waals surface area contributed by atoms with E-state index < -0.39 is 83.2 Å². The van der Waals surface area contributed by atoms with Crippen molar-refractivity contribution in [2.75, 3.05) is 0 Å². The summed E-state index contributed by atoms with van der Waals surface area (Å²) in [6.07, 6.45) is -8.27. The summed E-state index contributed by atoms with van der Waals surface area (Å²) in [7, 11) is -0.0146. The van der Waals surface area contributed by atoms with Crippen molar-refractivity contribution >= 4 is 16.9 Å². The van der Waals surface area contributed by atoms with E-state index in [0.29, 0.717) is 0 Å². The van der Waals surface area contributed by atoms with E-state index >= 15 is 0 Å². The molecule has 0 saturated carbocycles. The van der Waals surface area contributed by atoms with Gasteiger partial charge in [-0.3, -0.25) is 0 Å². The van der Waals surface area contributed by atoms with Crippen molar-refractivity contribution in [3.05, 3.63) is 91.0 Å². The van der Waals surface area contributed by atoms with Crippen molar-refractivity contribution in [3.63, 3.8) is 0 Å². The lowest BCUT2D eigenvalue weighted by atomic mass is 9.84. The molecule has 62 heavy (non-hydrogen) atoms. The average molecular weight is 976 g/mol. The fourth-order valence-corrected chi connectivity index (χ4v) is 6.46. The lowest BCUT2D eigenvalue weighted by molar-refractivity contribution is -0.485. The van der Waals surface area contributed by atoms with Crippen LogP contribution in [0.4, 0.5) is 119 Å². The monoisotopic (exact) mass is 976 g/mol. The number of carbonyl (C=O) groups is 1. The topological polar surface area (TPSA) is 40.1 Å². The lowest BCUT2D eigenvalue weighted by Crippen LogP contribution is -2.79. The highest BCUT2D eigenvalue weighted by Gasteiger charge is 3.00. The number of hydrogen-bond acceptors (Lipinski definition) is 2. The third kappa shape index (κ3) is 7.82. The van der Waals surface area contributed by atoms with Crippen LogP contribution in [-0.4, -0.2) is 83.2 Å². The van der Waals surface area contributed by atoms with Gasteiger partial charge >= 0.3 is 77.2 Å². The fraction of sp³-hybridized carbons (Fsp3) is 0.406. The normalized spacial score (nSPS) is 15.0. The Morgan fingerprint density at radius 2 is 0.484 bits per heavy atom. The van der Waals surface area contributed by atoms with Crippen molar-refractivity contribution in [1.29, 1.82) is 0 Å². The zero-order chi connectivity index (χ0) is 49.0. The molecule has 0 bridgehead atoms. The van der Waals surface area contributed by atoms with Crippen LogP contribution in [0.3, 0.4) is 0 Å². The summed E-state index contributed by atoms with van der Waals surface area (Å²) < 4.78 is 354. The van der Waals surface area contributed by atoms with Gasteiger partial charge in [-0.05, 0) is 36.4 Å². The summed E-state index contributed by atoms with van der Waals surface area (Å²) in [5.41, 5.74) is 0. The molecule has 350 valence electrons. The molecule has 0 aliphatic rings. The minimum Gasteiger partial charge on any atom is -0.544 e. The van der Waals surface area contributed by atoms with E-state index in [0.717, 1.165) is 0 Å². The summed E-state index contributed by atoms with van der Waals surface area (Å²) in [6, 6.07) is 32.2. The first-order valence-electron chi connectivity index (χ1n) is 15.1. The molecule has 0 N–H and O–H groups in total. The second-order valence-electron chi connectivity index (χ2n) is 11.9. The fourth-order valence-electron chi connectivity index (χ4n) is 4.36. The second-order valence-corrected chi connectivity index (χ2v) is 13.9. The molecule has 0 heterocycles. The molecule has 0 amide bonds. The molecule has 3 rings (SSSR count). The Morgan fingerprint density at radius 3 is 0.661 bits per heavy atom. The molecule has 0 atom stereocenters. The number of alkyl halides is 27. The number of carboxylic acids is 1. The van der Waals surface area contributed by atoms with Crippen molar-refractivity contribution in [1.82, 2.24) is 0 Å². The molecule has 0 radical (unpaired) electrons. The van der Waals surface area contributed by atoms with Gasteiger partial charge in [-0.1, -0.05) is 54.6 Å². The van der Waals surface area contributed by atoms with Crippen molar-refractivity contribution in [2.24, 2.45) is 0 Å². The minimum atomic E-state index is -9.87. The third-order valence-electron chi connectivity index (χ3n) is 7.89. The van der Waals surface area contributed by atoms with Crippen LogP contribution in [0.15, 0.2) is 106 Å².